The van der Waals surface area contributed by atoms with E-state index in [9.17, 15) is 4.79 Å². The van der Waals surface area contributed by atoms with E-state index in [4.69, 9.17) is 14.2 Å². The number of hydrogen-bond donors (Lipinski definition) is 0. The standard InChI is InChI=1S/C23H29NO4/c1-18-6-7-22-21(14-18)16-19-4-3-5-20(15-19)17-24(23(25)8-10-26-2)9-11-27-12-13-28-22/h3-7,14-15H,8-13,16-17H2,1-2H3. The maximum absolute atomic E-state index is 12.6. The fourth-order valence-corrected chi connectivity index (χ4v) is 3.39. The molecule has 0 unspecified atom stereocenters. The van der Waals surface area contributed by atoms with Gasteiger partial charge in [0.1, 0.15) is 12.4 Å². The van der Waals surface area contributed by atoms with Gasteiger partial charge >= 0.3 is 0 Å². The fourth-order valence-electron chi connectivity index (χ4n) is 3.39. The molecule has 1 heterocycles. The maximum Gasteiger partial charge on any atom is 0.225 e. The van der Waals surface area contributed by atoms with Crippen molar-refractivity contribution in [3.8, 4) is 5.75 Å². The molecule has 2 aromatic carbocycles. The fraction of sp³-hybridized carbons (Fsp3) is 0.435. The van der Waals surface area contributed by atoms with Gasteiger partial charge < -0.3 is 19.1 Å². The van der Waals surface area contributed by atoms with Gasteiger partial charge in [-0.25, -0.2) is 0 Å². The van der Waals surface area contributed by atoms with Crippen LogP contribution in [-0.4, -0.2) is 50.9 Å². The first-order valence-electron chi connectivity index (χ1n) is 9.80. The summed E-state index contributed by atoms with van der Waals surface area (Å²) in [5, 5.41) is 0. The van der Waals surface area contributed by atoms with E-state index in [0.29, 0.717) is 45.9 Å². The molecule has 5 heteroatoms. The predicted molar refractivity (Wildman–Crippen MR) is 109 cm³/mol. The lowest BCUT2D eigenvalue weighted by molar-refractivity contribution is -0.133. The summed E-state index contributed by atoms with van der Waals surface area (Å²) < 4.78 is 16.7. The SMILES string of the molecule is COCCC(=O)N1CCOCCOc2ccc(C)cc2Cc2cccc(c2)C1. The largest absolute Gasteiger partial charge is 0.491 e. The van der Waals surface area contributed by atoms with E-state index in [1.807, 2.05) is 11.0 Å². The van der Waals surface area contributed by atoms with Crippen molar-refractivity contribution in [2.75, 3.05) is 40.1 Å². The van der Waals surface area contributed by atoms with Crippen molar-refractivity contribution < 1.29 is 19.0 Å². The molecule has 1 amide bonds. The third kappa shape index (κ3) is 5.81. The van der Waals surface area contributed by atoms with Crippen LogP contribution in [0.3, 0.4) is 0 Å². The molecule has 1 aliphatic rings. The first kappa shape index (κ1) is 20.4. The lowest BCUT2D eigenvalue weighted by Gasteiger charge is -2.24. The van der Waals surface area contributed by atoms with Crippen LogP contribution in [-0.2, 0) is 27.2 Å². The molecule has 0 atom stereocenters. The quantitative estimate of drug-likeness (QED) is 0.815. The van der Waals surface area contributed by atoms with Gasteiger partial charge in [-0.05, 0) is 29.7 Å². The summed E-state index contributed by atoms with van der Waals surface area (Å²) in [4.78, 5) is 14.4. The summed E-state index contributed by atoms with van der Waals surface area (Å²) in [6.45, 7) is 5.14. The Labute approximate surface area is 167 Å². The molecule has 0 aromatic heterocycles. The zero-order valence-corrected chi connectivity index (χ0v) is 16.8. The van der Waals surface area contributed by atoms with E-state index in [1.165, 1.54) is 16.7 Å². The summed E-state index contributed by atoms with van der Waals surface area (Å²) in [6, 6.07) is 14.7. The number of amides is 1. The number of hydrogen-bond acceptors (Lipinski definition) is 4. The molecule has 2 aromatic rings. The van der Waals surface area contributed by atoms with E-state index < -0.39 is 0 Å². The number of carbonyl (C=O) groups is 1. The topological polar surface area (TPSA) is 48.0 Å². The summed E-state index contributed by atoms with van der Waals surface area (Å²) in [5.41, 5.74) is 4.72. The molecular formula is C23H29NO4. The minimum atomic E-state index is 0.0835. The van der Waals surface area contributed by atoms with Gasteiger partial charge in [-0.3, -0.25) is 4.79 Å². The number of nitrogens with zero attached hydrogens (tertiary/aromatic N) is 1. The molecule has 0 radical (unpaired) electrons. The summed E-state index contributed by atoms with van der Waals surface area (Å²) in [7, 11) is 1.61. The van der Waals surface area contributed by atoms with E-state index in [1.54, 1.807) is 7.11 Å². The Morgan fingerprint density at radius 2 is 1.96 bits per heavy atom. The van der Waals surface area contributed by atoms with Crippen LogP contribution in [0.15, 0.2) is 42.5 Å². The summed E-state index contributed by atoms with van der Waals surface area (Å²) in [5.74, 6) is 0.994. The second-order valence-corrected chi connectivity index (χ2v) is 7.13. The first-order valence-corrected chi connectivity index (χ1v) is 9.80. The molecule has 0 N–H and O–H groups in total. The van der Waals surface area contributed by atoms with Crippen LogP contribution in [0, 0.1) is 6.92 Å². The van der Waals surface area contributed by atoms with Crippen LogP contribution >= 0.6 is 0 Å². The summed E-state index contributed by atoms with van der Waals surface area (Å²) in [6.07, 6.45) is 1.18. The predicted octanol–water partition coefficient (Wildman–Crippen LogP) is 3.36. The maximum atomic E-state index is 12.6. The van der Waals surface area contributed by atoms with Gasteiger partial charge in [0.15, 0.2) is 0 Å². The van der Waals surface area contributed by atoms with Gasteiger partial charge in [-0.2, -0.15) is 0 Å². The number of methoxy groups -OCH3 is 1. The van der Waals surface area contributed by atoms with Crippen LogP contribution in [0.2, 0.25) is 0 Å². The third-order valence-corrected chi connectivity index (χ3v) is 4.84. The van der Waals surface area contributed by atoms with E-state index >= 15 is 0 Å². The zero-order valence-electron chi connectivity index (χ0n) is 16.8. The molecule has 0 saturated heterocycles. The van der Waals surface area contributed by atoms with Crippen LogP contribution in [0.4, 0.5) is 0 Å². The molecule has 0 spiro atoms. The van der Waals surface area contributed by atoms with Crippen molar-refractivity contribution in [1.29, 1.82) is 0 Å². The first-order chi connectivity index (χ1) is 13.7. The normalized spacial score (nSPS) is 15.3. The molecule has 5 nitrogen and oxygen atoms in total. The second-order valence-electron chi connectivity index (χ2n) is 7.13. The Morgan fingerprint density at radius 3 is 2.82 bits per heavy atom. The third-order valence-electron chi connectivity index (χ3n) is 4.84. The highest BCUT2D eigenvalue weighted by molar-refractivity contribution is 5.76. The van der Waals surface area contributed by atoms with Crippen LogP contribution in [0.1, 0.15) is 28.7 Å². The summed E-state index contributed by atoms with van der Waals surface area (Å²) >= 11 is 0. The molecule has 2 bridgehead atoms. The molecule has 150 valence electrons. The average molecular weight is 383 g/mol. The molecule has 1 aliphatic heterocycles. The van der Waals surface area contributed by atoms with Gasteiger partial charge in [0.2, 0.25) is 5.91 Å². The smallest absolute Gasteiger partial charge is 0.225 e. The number of benzene rings is 2. The van der Waals surface area contributed by atoms with Crippen molar-refractivity contribution in [3.05, 3.63) is 64.7 Å². The highest BCUT2D eigenvalue weighted by Crippen LogP contribution is 2.24. The molecule has 28 heavy (non-hydrogen) atoms. The van der Waals surface area contributed by atoms with Crippen LogP contribution in [0.5, 0.6) is 5.75 Å². The minimum absolute atomic E-state index is 0.0835. The lowest BCUT2D eigenvalue weighted by Crippen LogP contribution is -2.34. The molecule has 0 aliphatic carbocycles. The van der Waals surface area contributed by atoms with Gasteiger partial charge in [0.05, 0.1) is 26.2 Å². The van der Waals surface area contributed by atoms with Crippen molar-refractivity contribution in [2.45, 2.75) is 26.3 Å². The van der Waals surface area contributed by atoms with E-state index in [2.05, 4.69) is 43.3 Å². The van der Waals surface area contributed by atoms with E-state index in [0.717, 1.165) is 17.7 Å². The minimum Gasteiger partial charge on any atom is -0.491 e. The highest BCUT2D eigenvalue weighted by atomic mass is 16.5. The Balaban J connectivity index is 1.84. The van der Waals surface area contributed by atoms with Crippen LogP contribution in [0.25, 0.3) is 0 Å². The zero-order chi connectivity index (χ0) is 19.8. The number of aryl methyl sites for hydroxylation is 1. The Morgan fingerprint density at radius 1 is 1.11 bits per heavy atom. The van der Waals surface area contributed by atoms with Crippen LogP contribution < -0.4 is 4.74 Å². The molecular weight excluding hydrogens is 354 g/mol. The number of ether oxygens (including phenoxy) is 3. The van der Waals surface area contributed by atoms with Gasteiger partial charge in [0.25, 0.3) is 0 Å². The molecule has 0 saturated carbocycles. The van der Waals surface area contributed by atoms with Gasteiger partial charge in [-0.15, -0.1) is 0 Å². The Bertz CT molecular complexity index is 790. The Kier molecular flexibility index (Phi) is 7.46. The lowest BCUT2D eigenvalue weighted by atomic mass is 10.00. The van der Waals surface area contributed by atoms with Crippen molar-refractivity contribution in [1.82, 2.24) is 4.90 Å². The van der Waals surface area contributed by atoms with Crippen molar-refractivity contribution >= 4 is 5.91 Å². The highest BCUT2D eigenvalue weighted by Gasteiger charge is 2.15. The van der Waals surface area contributed by atoms with Gasteiger partial charge in [0, 0.05) is 26.6 Å². The van der Waals surface area contributed by atoms with Gasteiger partial charge in [-0.1, -0.05) is 42.0 Å². The monoisotopic (exact) mass is 383 g/mol. The number of fused-ring (bicyclic) bond motifs is 3. The second kappa shape index (κ2) is 10.2. The Hall–Kier alpha value is -2.37. The molecule has 3 rings (SSSR count). The molecule has 0 fully saturated rings. The average Bonchev–Trinajstić information content (AvgIpc) is 2.69. The van der Waals surface area contributed by atoms with Crippen molar-refractivity contribution in [2.24, 2.45) is 0 Å². The number of rotatable bonds is 3. The van der Waals surface area contributed by atoms with Crippen molar-refractivity contribution in [3.63, 3.8) is 0 Å². The van der Waals surface area contributed by atoms with E-state index in [-0.39, 0.29) is 5.91 Å². The number of carbonyl (C=O) groups excluding carboxylic acids is 1.